The number of hydrogen-bond donors (Lipinski definition) is 2. The topological polar surface area (TPSA) is 84.9 Å². The van der Waals surface area contributed by atoms with Crippen molar-refractivity contribution in [1.82, 2.24) is 0 Å². The van der Waals surface area contributed by atoms with Crippen LogP contribution in [0.3, 0.4) is 0 Å². The number of carbonyl (C=O) groups is 1. The molecule has 2 rings (SSSR count). The van der Waals surface area contributed by atoms with Gasteiger partial charge in [-0.2, -0.15) is 0 Å². The van der Waals surface area contributed by atoms with E-state index in [0.29, 0.717) is 27.6 Å². The van der Waals surface area contributed by atoms with E-state index in [4.69, 9.17) is 14.6 Å². The Morgan fingerprint density at radius 2 is 1.88 bits per heavy atom. The summed E-state index contributed by atoms with van der Waals surface area (Å²) in [6.45, 7) is -0.0260. The number of hydrogen-bond acceptors (Lipinski definition) is 5. The van der Waals surface area contributed by atoms with Gasteiger partial charge in [0.1, 0.15) is 6.61 Å². The van der Waals surface area contributed by atoms with E-state index >= 15 is 0 Å². The molecule has 2 N–H and O–H groups in total. The van der Waals surface area contributed by atoms with Gasteiger partial charge in [-0.1, -0.05) is 0 Å². The molecule has 0 radical (unpaired) electrons. The summed E-state index contributed by atoms with van der Waals surface area (Å²) in [5.41, 5.74) is 0.995. The Morgan fingerprint density at radius 3 is 2.46 bits per heavy atom. The molecule has 0 spiro atoms. The molecule has 7 heteroatoms. The van der Waals surface area contributed by atoms with E-state index in [0.717, 1.165) is 0 Å². The molecule has 0 aliphatic carbocycles. The third-order valence-electron chi connectivity index (χ3n) is 3.22. The van der Waals surface area contributed by atoms with Crippen LogP contribution in [0, 0.1) is 0 Å². The van der Waals surface area contributed by atoms with Crippen molar-refractivity contribution in [2.75, 3.05) is 31.9 Å². The summed E-state index contributed by atoms with van der Waals surface area (Å²) in [4.78, 5) is 13.0. The minimum Gasteiger partial charge on any atom is -0.493 e. The third kappa shape index (κ3) is 4.56. The molecule has 0 bridgehead atoms. The van der Waals surface area contributed by atoms with Crippen molar-refractivity contribution in [3.63, 3.8) is 0 Å². The molecule has 0 heterocycles. The van der Waals surface area contributed by atoms with Crippen LogP contribution in [-0.4, -0.2) is 41.8 Å². The highest BCUT2D eigenvalue weighted by Gasteiger charge is 2.12. The van der Waals surface area contributed by atoms with Crippen LogP contribution in [0.15, 0.2) is 47.4 Å². The predicted molar refractivity (Wildman–Crippen MR) is 92.3 cm³/mol. The summed E-state index contributed by atoms with van der Waals surface area (Å²) < 4.78 is 21.9. The van der Waals surface area contributed by atoms with Gasteiger partial charge in [-0.3, -0.25) is 9.00 Å². The fraction of sp³-hybridized carbons (Fsp3) is 0.235. The molecule has 0 aliphatic heterocycles. The summed E-state index contributed by atoms with van der Waals surface area (Å²) in [5.74, 6) is 0.558. The molecule has 0 unspecified atom stereocenters. The normalized spacial score (nSPS) is 11.6. The lowest BCUT2D eigenvalue weighted by atomic mass is 10.2. The summed E-state index contributed by atoms with van der Waals surface area (Å²) in [6, 6.07) is 11.6. The molecule has 128 valence electrons. The number of methoxy groups -OCH3 is 1. The number of nitrogens with one attached hydrogen (secondary N) is 1. The lowest BCUT2D eigenvalue weighted by molar-refractivity contribution is 0.102. The number of aliphatic hydroxyl groups excluding tert-OH is 1. The number of amides is 1. The molecule has 0 saturated heterocycles. The lowest BCUT2D eigenvalue weighted by Gasteiger charge is -2.12. The first-order valence-corrected chi connectivity index (χ1v) is 8.77. The SMILES string of the molecule is COc1ccc(C(=O)Nc2ccc([S@@](C)=O)cc2)cc1OCCO. The van der Waals surface area contributed by atoms with E-state index in [9.17, 15) is 9.00 Å². The maximum atomic E-state index is 12.3. The number of anilines is 1. The standard InChI is InChI=1S/C17H19NO5S/c1-22-15-8-3-12(11-16(15)23-10-9-19)17(20)18-13-4-6-14(7-5-13)24(2)21/h3-8,11,19H,9-10H2,1-2H3,(H,18,20)/t24-/m1/s1. The summed E-state index contributed by atoms with van der Waals surface area (Å²) in [5, 5.41) is 11.6. The van der Waals surface area contributed by atoms with Crippen LogP contribution >= 0.6 is 0 Å². The fourth-order valence-electron chi connectivity index (χ4n) is 2.02. The van der Waals surface area contributed by atoms with Crippen molar-refractivity contribution in [1.29, 1.82) is 0 Å². The molecule has 0 aliphatic rings. The highest BCUT2D eigenvalue weighted by molar-refractivity contribution is 7.84. The van der Waals surface area contributed by atoms with Gasteiger partial charge in [-0.15, -0.1) is 0 Å². The van der Waals surface area contributed by atoms with Gasteiger partial charge in [0, 0.05) is 33.2 Å². The van der Waals surface area contributed by atoms with E-state index in [1.165, 1.54) is 7.11 Å². The quantitative estimate of drug-likeness (QED) is 0.799. The number of carbonyl (C=O) groups excluding carboxylic acids is 1. The first-order chi connectivity index (χ1) is 11.5. The molecule has 2 aromatic rings. The molecule has 1 amide bonds. The van der Waals surface area contributed by atoms with Crippen molar-refractivity contribution in [2.45, 2.75) is 4.90 Å². The Balaban J connectivity index is 2.15. The first-order valence-electron chi connectivity index (χ1n) is 7.21. The zero-order valence-electron chi connectivity index (χ0n) is 13.4. The van der Waals surface area contributed by atoms with Crippen LogP contribution in [-0.2, 0) is 10.8 Å². The van der Waals surface area contributed by atoms with Crippen LogP contribution in [0.4, 0.5) is 5.69 Å². The maximum absolute atomic E-state index is 12.3. The van der Waals surface area contributed by atoms with Crippen LogP contribution in [0.25, 0.3) is 0 Å². The molecule has 24 heavy (non-hydrogen) atoms. The van der Waals surface area contributed by atoms with Gasteiger partial charge in [-0.05, 0) is 42.5 Å². The van der Waals surface area contributed by atoms with Gasteiger partial charge in [0.25, 0.3) is 5.91 Å². The first kappa shape index (κ1) is 18.0. The number of benzene rings is 2. The van der Waals surface area contributed by atoms with Gasteiger partial charge >= 0.3 is 0 Å². The Bertz CT molecular complexity index is 730. The van der Waals surface area contributed by atoms with Gasteiger partial charge in [0.15, 0.2) is 11.5 Å². The second-order valence-electron chi connectivity index (χ2n) is 4.87. The highest BCUT2D eigenvalue weighted by Crippen LogP contribution is 2.28. The van der Waals surface area contributed by atoms with E-state index < -0.39 is 10.8 Å². The van der Waals surface area contributed by atoms with E-state index in [2.05, 4.69) is 5.32 Å². The van der Waals surface area contributed by atoms with E-state index in [1.807, 2.05) is 0 Å². The maximum Gasteiger partial charge on any atom is 0.255 e. The molecule has 6 nitrogen and oxygen atoms in total. The number of aliphatic hydroxyl groups is 1. The van der Waals surface area contributed by atoms with Crippen LogP contribution < -0.4 is 14.8 Å². The minimum atomic E-state index is -1.06. The van der Waals surface area contributed by atoms with E-state index in [-0.39, 0.29) is 19.1 Å². The Kier molecular flexibility index (Phi) is 6.34. The largest absolute Gasteiger partial charge is 0.493 e. The van der Waals surface area contributed by atoms with Crippen LogP contribution in [0.2, 0.25) is 0 Å². The second-order valence-corrected chi connectivity index (χ2v) is 6.25. The smallest absolute Gasteiger partial charge is 0.255 e. The molecule has 0 aromatic heterocycles. The molecule has 0 fully saturated rings. The Hall–Kier alpha value is -2.38. The zero-order chi connectivity index (χ0) is 17.5. The second kappa shape index (κ2) is 8.47. The third-order valence-corrected chi connectivity index (χ3v) is 4.15. The van der Waals surface area contributed by atoms with Crippen molar-refractivity contribution >= 4 is 22.4 Å². The average molecular weight is 349 g/mol. The average Bonchev–Trinajstić information content (AvgIpc) is 2.60. The van der Waals surface area contributed by atoms with Crippen molar-refractivity contribution < 1.29 is 23.6 Å². The van der Waals surface area contributed by atoms with Crippen molar-refractivity contribution in [3.8, 4) is 11.5 Å². The Labute approximate surface area is 142 Å². The molecule has 1 atom stereocenters. The monoisotopic (exact) mass is 349 g/mol. The Morgan fingerprint density at radius 1 is 1.17 bits per heavy atom. The molecular formula is C17H19NO5S. The highest BCUT2D eigenvalue weighted by atomic mass is 32.2. The van der Waals surface area contributed by atoms with Gasteiger partial charge < -0.3 is 19.9 Å². The van der Waals surface area contributed by atoms with E-state index in [1.54, 1.807) is 48.7 Å². The molecule has 2 aromatic carbocycles. The summed E-state index contributed by atoms with van der Waals surface area (Å²) in [7, 11) is 0.440. The van der Waals surface area contributed by atoms with Gasteiger partial charge in [0.05, 0.1) is 13.7 Å². The van der Waals surface area contributed by atoms with Gasteiger partial charge in [-0.25, -0.2) is 0 Å². The minimum absolute atomic E-state index is 0.108. The van der Waals surface area contributed by atoms with Crippen molar-refractivity contribution in [2.24, 2.45) is 0 Å². The van der Waals surface area contributed by atoms with Crippen LogP contribution in [0.1, 0.15) is 10.4 Å². The van der Waals surface area contributed by atoms with Crippen LogP contribution in [0.5, 0.6) is 11.5 Å². The predicted octanol–water partition coefficient (Wildman–Crippen LogP) is 2.06. The summed E-state index contributed by atoms with van der Waals surface area (Å²) >= 11 is 0. The fourth-order valence-corrected chi connectivity index (χ4v) is 2.54. The number of rotatable bonds is 7. The van der Waals surface area contributed by atoms with Gasteiger partial charge in [0.2, 0.25) is 0 Å². The zero-order valence-corrected chi connectivity index (χ0v) is 14.3. The summed E-state index contributed by atoms with van der Waals surface area (Å²) in [6.07, 6.45) is 1.60. The number of ether oxygens (including phenoxy) is 2. The van der Waals surface area contributed by atoms with Crippen molar-refractivity contribution in [3.05, 3.63) is 48.0 Å². The molecule has 0 saturated carbocycles. The lowest BCUT2D eigenvalue weighted by Crippen LogP contribution is -2.12. The molecular weight excluding hydrogens is 330 g/mol.